The molecule has 0 fully saturated rings. The van der Waals surface area contributed by atoms with Gasteiger partial charge in [-0.1, -0.05) is 24.3 Å². The van der Waals surface area contributed by atoms with E-state index in [9.17, 15) is 8.42 Å². The van der Waals surface area contributed by atoms with E-state index in [4.69, 9.17) is 4.74 Å². The Hall–Kier alpha value is -2.54. The first-order valence-electron chi connectivity index (χ1n) is 8.86. The molecular formula is C20H27N3O3S. The fraction of sp³-hybridized carbons (Fsp3) is 0.350. The molecule has 0 aliphatic rings. The maximum Gasteiger partial charge on any atom is 0.191 e. The molecule has 0 bridgehead atoms. The van der Waals surface area contributed by atoms with Crippen LogP contribution >= 0.6 is 0 Å². The van der Waals surface area contributed by atoms with Crippen molar-refractivity contribution >= 4 is 15.8 Å². The van der Waals surface area contributed by atoms with Gasteiger partial charge < -0.3 is 15.4 Å². The molecule has 0 saturated carbocycles. The Morgan fingerprint density at radius 2 is 1.63 bits per heavy atom. The third kappa shape index (κ3) is 6.94. The minimum absolute atomic E-state index is 0.341. The van der Waals surface area contributed by atoms with Crippen LogP contribution in [0.3, 0.4) is 0 Å². The number of methoxy groups -OCH3 is 1. The maximum absolute atomic E-state index is 11.5. The average molecular weight is 390 g/mol. The second-order valence-corrected chi connectivity index (χ2v) is 8.15. The van der Waals surface area contributed by atoms with Gasteiger partial charge in [-0.25, -0.2) is 13.4 Å². The van der Waals surface area contributed by atoms with E-state index in [0.717, 1.165) is 35.8 Å². The molecule has 2 aromatic carbocycles. The highest BCUT2D eigenvalue weighted by Crippen LogP contribution is 2.12. The van der Waals surface area contributed by atoms with Crippen LogP contribution in [0, 0.1) is 0 Å². The van der Waals surface area contributed by atoms with Crippen molar-refractivity contribution in [3.63, 3.8) is 0 Å². The van der Waals surface area contributed by atoms with E-state index >= 15 is 0 Å². The molecule has 0 aliphatic carbocycles. The lowest BCUT2D eigenvalue weighted by molar-refractivity contribution is 0.414. The Kier molecular flexibility index (Phi) is 7.67. The second-order valence-electron chi connectivity index (χ2n) is 6.14. The van der Waals surface area contributed by atoms with Crippen LogP contribution in [0.15, 0.2) is 58.4 Å². The molecule has 2 N–H and O–H groups in total. The molecule has 0 unspecified atom stereocenters. The number of rotatable bonds is 8. The summed E-state index contributed by atoms with van der Waals surface area (Å²) >= 11 is 0. The van der Waals surface area contributed by atoms with Gasteiger partial charge in [-0.3, -0.25) is 0 Å². The number of hydrogen-bond acceptors (Lipinski definition) is 4. The van der Waals surface area contributed by atoms with Crippen molar-refractivity contribution in [2.45, 2.75) is 24.8 Å². The quantitative estimate of drug-likeness (QED) is 0.535. The Morgan fingerprint density at radius 3 is 2.19 bits per heavy atom. The highest BCUT2D eigenvalue weighted by molar-refractivity contribution is 7.90. The number of aliphatic imine (C=N–C) groups is 1. The van der Waals surface area contributed by atoms with Crippen LogP contribution in [0.1, 0.15) is 18.1 Å². The molecule has 6 nitrogen and oxygen atoms in total. The molecule has 0 saturated heterocycles. The van der Waals surface area contributed by atoms with Gasteiger partial charge >= 0.3 is 0 Å². The maximum atomic E-state index is 11.5. The number of guanidine groups is 1. The minimum atomic E-state index is -3.15. The summed E-state index contributed by atoms with van der Waals surface area (Å²) in [5.41, 5.74) is 2.17. The Balaban J connectivity index is 1.89. The van der Waals surface area contributed by atoms with Crippen LogP contribution in [-0.4, -0.2) is 40.8 Å². The highest BCUT2D eigenvalue weighted by atomic mass is 32.2. The summed E-state index contributed by atoms with van der Waals surface area (Å²) in [6.07, 6.45) is 1.99. The summed E-state index contributed by atoms with van der Waals surface area (Å²) in [7, 11) is -1.50. The van der Waals surface area contributed by atoms with Gasteiger partial charge in [-0.2, -0.15) is 0 Å². The third-order valence-electron chi connectivity index (χ3n) is 3.98. The molecule has 0 heterocycles. The average Bonchev–Trinajstić information content (AvgIpc) is 2.66. The van der Waals surface area contributed by atoms with Crippen LogP contribution in [0.4, 0.5) is 0 Å². The van der Waals surface area contributed by atoms with Gasteiger partial charge in [0, 0.05) is 19.3 Å². The Bertz CT molecular complexity index is 845. The first-order chi connectivity index (χ1) is 12.9. The van der Waals surface area contributed by atoms with Crippen molar-refractivity contribution in [2.24, 2.45) is 4.99 Å². The SMILES string of the molecule is CCNC(=NCc1ccc(OC)cc1)NCCc1ccc(S(C)(=O)=O)cc1. The van der Waals surface area contributed by atoms with Gasteiger partial charge in [0.05, 0.1) is 18.6 Å². The predicted octanol–water partition coefficient (Wildman–Crippen LogP) is 2.40. The van der Waals surface area contributed by atoms with E-state index in [1.807, 2.05) is 43.3 Å². The van der Waals surface area contributed by atoms with E-state index in [2.05, 4.69) is 15.6 Å². The normalized spacial score (nSPS) is 11.9. The highest BCUT2D eigenvalue weighted by Gasteiger charge is 2.06. The molecule has 0 amide bonds. The van der Waals surface area contributed by atoms with Crippen molar-refractivity contribution < 1.29 is 13.2 Å². The van der Waals surface area contributed by atoms with Crippen LogP contribution in [0.2, 0.25) is 0 Å². The molecule has 0 aromatic heterocycles. The van der Waals surface area contributed by atoms with E-state index in [-0.39, 0.29) is 0 Å². The summed E-state index contributed by atoms with van der Waals surface area (Å²) in [5, 5.41) is 6.53. The van der Waals surface area contributed by atoms with Crippen molar-refractivity contribution in [2.75, 3.05) is 26.5 Å². The zero-order chi connectivity index (χ0) is 19.7. The van der Waals surface area contributed by atoms with Gasteiger partial charge in [-0.05, 0) is 48.7 Å². The lowest BCUT2D eigenvalue weighted by atomic mass is 10.1. The molecule has 0 atom stereocenters. The van der Waals surface area contributed by atoms with Gasteiger partial charge in [0.1, 0.15) is 5.75 Å². The first-order valence-corrected chi connectivity index (χ1v) is 10.8. The molecule has 146 valence electrons. The lowest BCUT2D eigenvalue weighted by Crippen LogP contribution is -2.38. The molecule has 2 rings (SSSR count). The van der Waals surface area contributed by atoms with Crippen LogP contribution in [0.25, 0.3) is 0 Å². The minimum Gasteiger partial charge on any atom is -0.497 e. The third-order valence-corrected chi connectivity index (χ3v) is 5.11. The number of ether oxygens (including phenoxy) is 1. The molecule has 7 heteroatoms. The number of hydrogen-bond donors (Lipinski definition) is 2. The van der Waals surface area contributed by atoms with Gasteiger partial charge in [-0.15, -0.1) is 0 Å². The molecule has 0 aliphatic heterocycles. The Labute approximate surface area is 161 Å². The van der Waals surface area contributed by atoms with E-state index in [0.29, 0.717) is 18.0 Å². The summed E-state index contributed by atoms with van der Waals surface area (Å²) < 4.78 is 28.2. The number of sulfone groups is 1. The standard InChI is InChI=1S/C20H27N3O3S/c1-4-21-20(23-15-17-5-9-18(26-2)10-6-17)22-14-13-16-7-11-19(12-8-16)27(3,24)25/h5-12H,4,13-15H2,1-3H3,(H2,21,22,23). The van der Waals surface area contributed by atoms with Gasteiger partial charge in [0.2, 0.25) is 0 Å². The summed E-state index contributed by atoms with van der Waals surface area (Å²) in [6, 6.07) is 14.8. The summed E-state index contributed by atoms with van der Waals surface area (Å²) in [5.74, 6) is 1.58. The molecule has 0 radical (unpaired) electrons. The second kappa shape index (κ2) is 9.97. The van der Waals surface area contributed by atoms with Crippen LogP contribution in [0.5, 0.6) is 5.75 Å². The predicted molar refractivity (Wildman–Crippen MR) is 109 cm³/mol. The van der Waals surface area contributed by atoms with E-state index in [1.54, 1.807) is 19.2 Å². The smallest absolute Gasteiger partial charge is 0.191 e. The van der Waals surface area contributed by atoms with Crippen molar-refractivity contribution in [1.29, 1.82) is 0 Å². The van der Waals surface area contributed by atoms with Crippen molar-refractivity contribution in [1.82, 2.24) is 10.6 Å². The first kappa shape index (κ1) is 20.8. The fourth-order valence-electron chi connectivity index (χ4n) is 2.47. The fourth-order valence-corrected chi connectivity index (χ4v) is 3.10. The van der Waals surface area contributed by atoms with Crippen molar-refractivity contribution in [3.8, 4) is 5.75 Å². The van der Waals surface area contributed by atoms with E-state index < -0.39 is 9.84 Å². The summed E-state index contributed by atoms with van der Waals surface area (Å²) in [6.45, 7) is 4.07. The number of benzene rings is 2. The lowest BCUT2D eigenvalue weighted by Gasteiger charge is -2.11. The number of nitrogens with one attached hydrogen (secondary N) is 2. The van der Waals surface area contributed by atoms with Crippen LogP contribution in [-0.2, 0) is 22.8 Å². The zero-order valence-corrected chi connectivity index (χ0v) is 16.8. The van der Waals surface area contributed by atoms with Gasteiger partial charge in [0.15, 0.2) is 15.8 Å². The molecule has 27 heavy (non-hydrogen) atoms. The van der Waals surface area contributed by atoms with E-state index in [1.165, 1.54) is 6.26 Å². The molecular weight excluding hydrogens is 362 g/mol. The number of nitrogens with zero attached hydrogens (tertiary/aromatic N) is 1. The monoisotopic (exact) mass is 389 g/mol. The Morgan fingerprint density at radius 1 is 1.00 bits per heavy atom. The molecule has 2 aromatic rings. The van der Waals surface area contributed by atoms with Crippen LogP contribution < -0.4 is 15.4 Å². The summed E-state index contributed by atoms with van der Waals surface area (Å²) in [4.78, 5) is 4.93. The topological polar surface area (TPSA) is 79.8 Å². The zero-order valence-electron chi connectivity index (χ0n) is 16.0. The molecule has 0 spiro atoms. The van der Waals surface area contributed by atoms with Gasteiger partial charge in [0.25, 0.3) is 0 Å². The van der Waals surface area contributed by atoms with Crippen molar-refractivity contribution in [3.05, 3.63) is 59.7 Å². The largest absolute Gasteiger partial charge is 0.497 e.